The predicted octanol–water partition coefficient (Wildman–Crippen LogP) is 2.97. The van der Waals surface area contributed by atoms with Crippen molar-refractivity contribution in [2.75, 3.05) is 0 Å². The Morgan fingerprint density at radius 3 is 2.33 bits per heavy atom. The van der Waals surface area contributed by atoms with Crippen LogP contribution in [0.5, 0.6) is 0 Å². The molecule has 116 valence electrons. The summed E-state index contributed by atoms with van der Waals surface area (Å²) in [7, 11) is 0. The van der Waals surface area contributed by atoms with E-state index in [-0.39, 0.29) is 11.3 Å². The average Bonchev–Trinajstić information content (AvgIpc) is 2.37. The normalized spacial score (nSPS) is 13.6. The summed E-state index contributed by atoms with van der Waals surface area (Å²) in [6.07, 6.45) is -6.01. The molecule has 1 aromatic rings. The van der Waals surface area contributed by atoms with Gasteiger partial charge in [-0.1, -0.05) is 12.1 Å². The van der Waals surface area contributed by atoms with Gasteiger partial charge in [0.05, 0.1) is 11.0 Å². The summed E-state index contributed by atoms with van der Waals surface area (Å²) >= 11 is 0. The number of carbonyl (C=O) groups is 1. The second kappa shape index (κ2) is 5.62. The van der Waals surface area contributed by atoms with Crippen molar-refractivity contribution in [3.8, 4) is 0 Å². The van der Waals surface area contributed by atoms with Crippen LogP contribution in [-0.2, 0) is 4.79 Å². The molecule has 0 radical (unpaired) electrons. The number of hydrogen-bond donors (Lipinski definition) is 1. The zero-order valence-corrected chi connectivity index (χ0v) is 10.4. The van der Waals surface area contributed by atoms with Gasteiger partial charge in [-0.15, -0.1) is 0 Å². The summed E-state index contributed by atoms with van der Waals surface area (Å²) in [5.74, 6) is -8.06. The summed E-state index contributed by atoms with van der Waals surface area (Å²) in [6.45, 7) is 1.13. The topological polar surface area (TPSA) is 72.2 Å². The molecule has 5 nitrogen and oxygen atoms in total. The van der Waals surface area contributed by atoms with Crippen molar-refractivity contribution in [2.45, 2.75) is 25.1 Å². The van der Waals surface area contributed by atoms with E-state index in [0.29, 0.717) is 0 Å². The van der Waals surface area contributed by atoms with E-state index in [1.807, 2.05) is 0 Å². The van der Waals surface area contributed by atoms with E-state index in [9.17, 15) is 36.9 Å². The van der Waals surface area contributed by atoms with Gasteiger partial charge in [0.2, 0.25) is 0 Å². The lowest BCUT2D eigenvalue weighted by Gasteiger charge is -2.21. The number of nitrogens with one attached hydrogen (secondary N) is 1. The van der Waals surface area contributed by atoms with Gasteiger partial charge in [0.25, 0.3) is 5.69 Å². The number of amides is 1. The Labute approximate surface area is 114 Å². The highest BCUT2D eigenvalue weighted by Crippen LogP contribution is 2.36. The largest absolute Gasteiger partial charge is 0.463 e. The van der Waals surface area contributed by atoms with Crippen LogP contribution in [0.4, 0.5) is 27.6 Å². The predicted molar refractivity (Wildman–Crippen MR) is 60.7 cm³/mol. The first-order chi connectivity index (χ1) is 9.46. The molecular weight excluding hydrogens is 303 g/mol. The molecule has 1 amide bonds. The molecule has 0 spiro atoms. The zero-order chi connectivity index (χ0) is 16.4. The van der Waals surface area contributed by atoms with Gasteiger partial charge < -0.3 is 5.32 Å². The maximum atomic E-state index is 12.8. The van der Waals surface area contributed by atoms with Crippen LogP contribution in [0.25, 0.3) is 0 Å². The third kappa shape index (κ3) is 3.64. The number of rotatable bonds is 4. The minimum atomic E-state index is -6.01. The quantitative estimate of drug-likeness (QED) is 0.528. The van der Waals surface area contributed by atoms with Crippen molar-refractivity contribution in [3.63, 3.8) is 0 Å². The molecule has 1 atom stereocenters. The lowest BCUT2D eigenvalue weighted by molar-refractivity contribution is -0.384. The first-order valence-corrected chi connectivity index (χ1v) is 5.46. The molecule has 0 bridgehead atoms. The van der Waals surface area contributed by atoms with E-state index >= 15 is 0 Å². The summed E-state index contributed by atoms with van der Waals surface area (Å²) in [4.78, 5) is 20.8. The first-order valence-electron chi connectivity index (χ1n) is 5.46. The minimum absolute atomic E-state index is 0.0236. The number of halogens is 5. The van der Waals surface area contributed by atoms with Crippen LogP contribution in [0.2, 0.25) is 0 Å². The van der Waals surface area contributed by atoms with Crippen molar-refractivity contribution in [1.82, 2.24) is 5.32 Å². The van der Waals surface area contributed by atoms with Gasteiger partial charge in [-0.05, 0) is 12.5 Å². The molecule has 1 rings (SSSR count). The van der Waals surface area contributed by atoms with Crippen LogP contribution < -0.4 is 5.32 Å². The highest BCUT2D eigenvalue weighted by Gasteiger charge is 2.63. The minimum Gasteiger partial charge on any atom is -0.344 e. The number of nitro benzene ring substituents is 1. The van der Waals surface area contributed by atoms with Crippen molar-refractivity contribution in [3.05, 3.63) is 39.9 Å². The first kappa shape index (κ1) is 16.8. The third-order valence-electron chi connectivity index (χ3n) is 2.57. The number of nitrogens with zero attached hydrogens (tertiary/aromatic N) is 1. The maximum absolute atomic E-state index is 12.8. The van der Waals surface area contributed by atoms with E-state index in [1.54, 1.807) is 0 Å². The van der Waals surface area contributed by atoms with Crippen LogP contribution in [0.3, 0.4) is 0 Å². The van der Waals surface area contributed by atoms with Crippen LogP contribution in [-0.4, -0.2) is 22.9 Å². The van der Waals surface area contributed by atoms with Gasteiger partial charge in [0.15, 0.2) is 0 Å². The Hall–Kier alpha value is -2.26. The van der Waals surface area contributed by atoms with Gasteiger partial charge in [-0.25, -0.2) is 0 Å². The molecule has 0 aliphatic heterocycles. The summed E-state index contributed by atoms with van der Waals surface area (Å²) < 4.78 is 61.5. The monoisotopic (exact) mass is 312 g/mol. The molecule has 0 saturated carbocycles. The van der Waals surface area contributed by atoms with Crippen molar-refractivity contribution in [1.29, 1.82) is 0 Å². The van der Waals surface area contributed by atoms with E-state index in [4.69, 9.17) is 0 Å². The Kier molecular flexibility index (Phi) is 4.49. The van der Waals surface area contributed by atoms with E-state index < -0.39 is 29.0 Å². The lowest BCUT2D eigenvalue weighted by Crippen LogP contribution is -2.50. The van der Waals surface area contributed by atoms with Gasteiger partial charge >= 0.3 is 18.0 Å². The highest BCUT2D eigenvalue weighted by atomic mass is 19.4. The molecule has 1 aromatic carbocycles. The molecule has 10 heteroatoms. The van der Waals surface area contributed by atoms with Gasteiger partial charge in [-0.2, -0.15) is 22.0 Å². The fourth-order valence-corrected chi connectivity index (χ4v) is 1.41. The number of benzene rings is 1. The van der Waals surface area contributed by atoms with Crippen molar-refractivity contribution in [2.24, 2.45) is 0 Å². The van der Waals surface area contributed by atoms with Crippen LogP contribution in [0, 0.1) is 10.1 Å². The molecule has 0 heterocycles. The lowest BCUT2D eigenvalue weighted by atomic mass is 10.1. The Morgan fingerprint density at radius 2 is 1.86 bits per heavy atom. The van der Waals surface area contributed by atoms with E-state index in [1.165, 1.54) is 17.4 Å². The van der Waals surface area contributed by atoms with E-state index in [2.05, 4.69) is 0 Å². The Morgan fingerprint density at radius 1 is 1.29 bits per heavy atom. The SMILES string of the molecule is CC(NC(=O)C(F)(F)C(F)(F)F)c1cccc([N+](=O)[O-])c1. The van der Waals surface area contributed by atoms with Crippen LogP contribution in [0.1, 0.15) is 18.5 Å². The number of hydrogen-bond acceptors (Lipinski definition) is 3. The van der Waals surface area contributed by atoms with Crippen LogP contribution >= 0.6 is 0 Å². The number of nitro groups is 1. The molecule has 0 aliphatic rings. The summed E-state index contributed by atoms with van der Waals surface area (Å²) in [6, 6.07) is 3.30. The second-order valence-corrected chi connectivity index (χ2v) is 4.12. The fraction of sp³-hybridized carbons (Fsp3) is 0.364. The standard InChI is InChI=1S/C11H9F5N2O3/c1-6(7-3-2-4-8(5-7)18(20)21)17-9(19)10(12,13)11(14,15)16/h2-6H,1H3,(H,17,19). The molecule has 1 unspecified atom stereocenters. The highest BCUT2D eigenvalue weighted by molar-refractivity contribution is 5.84. The maximum Gasteiger partial charge on any atom is 0.463 e. The number of carbonyl (C=O) groups excluding carboxylic acids is 1. The van der Waals surface area contributed by atoms with Crippen LogP contribution in [0.15, 0.2) is 24.3 Å². The smallest absolute Gasteiger partial charge is 0.344 e. The summed E-state index contributed by atoms with van der Waals surface area (Å²) in [5, 5.41) is 12.0. The van der Waals surface area contributed by atoms with Gasteiger partial charge in [0.1, 0.15) is 0 Å². The fourth-order valence-electron chi connectivity index (χ4n) is 1.41. The third-order valence-corrected chi connectivity index (χ3v) is 2.57. The van der Waals surface area contributed by atoms with Gasteiger partial charge in [0, 0.05) is 12.1 Å². The Bertz CT molecular complexity index is 559. The number of alkyl halides is 5. The molecule has 0 fully saturated rings. The zero-order valence-electron chi connectivity index (χ0n) is 10.4. The van der Waals surface area contributed by atoms with Crippen molar-refractivity contribution >= 4 is 11.6 Å². The Balaban J connectivity index is 2.91. The number of non-ortho nitro benzene ring substituents is 1. The average molecular weight is 312 g/mol. The molecule has 0 aromatic heterocycles. The molecule has 0 aliphatic carbocycles. The van der Waals surface area contributed by atoms with E-state index in [0.717, 1.165) is 19.1 Å². The van der Waals surface area contributed by atoms with Crippen molar-refractivity contribution < 1.29 is 31.7 Å². The molecular formula is C11H9F5N2O3. The van der Waals surface area contributed by atoms with Gasteiger partial charge in [-0.3, -0.25) is 14.9 Å². The summed E-state index contributed by atoms with van der Waals surface area (Å²) in [5.41, 5.74) is -0.355. The molecule has 1 N–H and O–H groups in total. The molecule has 0 saturated heterocycles. The second-order valence-electron chi connectivity index (χ2n) is 4.12. The molecule has 21 heavy (non-hydrogen) atoms.